The topological polar surface area (TPSA) is 115 Å². The van der Waals surface area contributed by atoms with E-state index >= 15 is 0 Å². The van der Waals surface area contributed by atoms with Crippen LogP contribution < -0.4 is 10.5 Å². The van der Waals surface area contributed by atoms with E-state index in [0.717, 1.165) is 11.6 Å². The van der Waals surface area contributed by atoms with Gasteiger partial charge >= 0.3 is 5.69 Å². The summed E-state index contributed by atoms with van der Waals surface area (Å²) in [5.41, 5.74) is 6.27. The Hall–Kier alpha value is -1.65. The van der Waals surface area contributed by atoms with Gasteiger partial charge in [0, 0.05) is 10.5 Å². The Morgan fingerprint density at radius 1 is 1.38 bits per heavy atom. The SMILES string of the molecule is Cc1ccc(Br)c(NS(=O)(=O)c2cc([N+](=O)[O-])c(N)s2)c1. The van der Waals surface area contributed by atoms with Crippen LogP contribution in [0.15, 0.2) is 32.9 Å². The maximum absolute atomic E-state index is 12.3. The van der Waals surface area contributed by atoms with Crippen molar-refractivity contribution in [2.45, 2.75) is 11.1 Å². The number of hydrogen-bond donors (Lipinski definition) is 2. The summed E-state index contributed by atoms with van der Waals surface area (Å²) in [7, 11) is -3.93. The monoisotopic (exact) mass is 391 g/mol. The molecule has 1 heterocycles. The quantitative estimate of drug-likeness (QED) is 0.613. The van der Waals surface area contributed by atoms with Crippen LogP contribution in [0.2, 0.25) is 0 Å². The zero-order chi connectivity index (χ0) is 15.8. The highest BCUT2D eigenvalue weighted by Crippen LogP contribution is 2.36. The molecular weight excluding hydrogens is 382 g/mol. The fourth-order valence-electron chi connectivity index (χ4n) is 1.56. The number of hydrogen-bond acceptors (Lipinski definition) is 6. The highest BCUT2D eigenvalue weighted by Gasteiger charge is 2.25. The molecule has 0 unspecified atom stereocenters. The van der Waals surface area contributed by atoms with Gasteiger partial charge in [0.15, 0.2) is 5.00 Å². The number of halogens is 1. The van der Waals surface area contributed by atoms with Crippen molar-refractivity contribution in [1.82, 2.24) is 0 Å². The number of nitro groups is 1. The van der Waals surface area contributed by atoms with Crippen molar-refractivity contribution in [2.24, 2.45) is 0 Å². The lowest BCUT2D eigenvalue weighted by Gasteiger charge is -2.08. The number of nitrogens with one attached hydrogen (secondary N) is 1. The number of anilines is 2. The number of nitrogens with two attached hydrogens (primary N) is 1. The first-order chi connectivity index (χ1) is 9.70. The van der Waals surface area contributed by atoms with Crippen LogP contribution in [0.25, 0.3) is 0 Å². The van der Waals surface area contributed by atoms with Gasteiger partial charge in [0.1, 0.15) is 4.21 Å². The molecule has 1 aromatic heterocycles. The first-order valence-electron chi connectivity index (χ1n) is 5.53. The average molecular weight is 392 g/mol. The van der Waals surface area contributed by atoms with Gasteiger partial charge in [-0.15, -0.1) is 0 Å². The van der Waals surface area contributed by atoms with E-state index in [0.29, 0.717) is 21.5 Å². The molecule has 0 radical (unpaired) electrons. The zero-order valence-electron chi connectivity index (χ0n) is 10.7. The van der Waals surface area contributed by atoms with Crippen molar-refractivity contribution in [3.63, 3.8) is 0 Å². The fraction of sp³-hybridized carbons (Fsp3) is 0.0909. The molecule has 2 aromatic rings. The lowest BCUT2D eigenvalue weighted by atomic mass is 10.2. The van der Waals surface area contributed by atoms with E-state index in [1.807, 2.05) is 13.0 Å². The van der Waals surface area contributed by atoms with Gasteiger partial charge in [0.2, 0.25) is 0 Å². The minimum absolute atomic E-state index is 0.149. The Morgan fingerprint density at radius 2 is 2.05 bits per heavy atom. The van der Waals surface area contributed by atoms with Gasteiger partial charge in [-0.05, 0) is 40.5 Å². The van der Waals surface area contributed by atoms with Gasteiger partial charge in [-0.25, -0.2) is 8.42 Å². The normalized spacial score (nSPS) is 11.3. The van der Waals surface area contributed by atoms with Crippen LogP contribution in [0.4, 0.5) is 16.4 Å². The van der Waals surface area contributed by atoms with Gasteiger partial charge in [0.25, 0.3) is 10.0 Å². The summed E-state index contributed by atoms with van der Waals surface area (Å²) in [6.45, 7) is 1.82. The molecule has 0 aliphatic heterocycles. The minimum atomic E-state index is -3.93. The predicted octanol–water partition coefficient (Wildman–Crippen LogP) is 3.11. The van der Waals surface area contributed by atoms with Crippen LogP contribution in [0.3, 0.4) is 0 Å². The van der Waals surface area contributed by atoms with E-state index in [1.165, 1.54) is 0 Å². The molecular formula is C11H10BrN3O4S2. The van der Waals surface area contributed by atoms with Crippen molar-refractivity contribution in [3.05, 3.63) is 44.4 Å². The number of aryl methyl sites for hydroxylation is 1. The third-order valence-electron chi connectivity index (χ3n) is 2.55. The van der Waals surface area contributed by atoms with E-state index in [9.17, 15) is 18.5 Å². The highest BCUT2D eigenvalue weighted by atomic mass is 79.9. The van der Waals surface area contributed by atoms with Crippen LogP contribution in [-0.4, -0.2) is 13.3 Å². The van der Waals surface area contributed by atoms with Crippen LogP contribution >= 0.6 is 27.3 Å². The standard InChI is InChI=1S/C11H10BrN3O4S2/c1-6-2-3-7(12)8(4-6)14-21(18,19)10-5-9(15(16)17)11(13)20-10/h2-5,14H,13H2,1H3. The average Bonchev–Trinajstić information content (AvgIpc) is 2.77. The largest absolute Gasteiger partial charge is 0.385 e. The van der Waals surface area contributed by atoms with Crippen molar-refractivity contribution in [3.8, 4) is 0 Å². The maximum Gasteiger partial charge on any atom is 0.304 e. The van der Waals surface area contributed by atoms with E-state index < -0.39 is 20.6 Å². The number of nitrogen functional groups attached to an aromatic ring is 1. The van der Waals surface area contributed by atoms with E-state index in [-0.39, 0.29) is 9.21 Å². The van der Waals surface area contributed by atoms with Gasteiger partial charge in [-0.3, -0.25) is 14.8 Å². The molecule has 7 nitrogen and oxygen atoms in total. The zero-order valence-corrected chi connectivity index (χ0v) is 13.9. The predicted molar refractivity (Wildman–Crippen MR) is 85.1 cm³/mol. The molecule has 0 bridgehead atoms. The first-order valence-corrected chi connectivity index (χ1v) is 8.62. The molecule has 0 saturated heterocycles. The van der Waals surface area contributed by atoms with Gasteiger partial charge in [-0.2, -0.15) is 0 Å². The molecule has 0 spiro atoms. The summed E-state index contributed by atoms with van der Waals surface area (Å²) in [6, 6.07) is 6.12. The molecule has 10 heteroatoms. The Morgan fingerprint density at radius 3 is 2.62 bits per heavy atom. The first kappa shape index (κ1) is 15.7. The number of nitrogens with zero attached hydrogens (tertiary/aromatic N) is 1. The Kier molecular flexibility index (Phi) is 4.21. The number of sulfonamides is 1. The van der Waals surface area contributed by atoms with Crippen LogP contribution in [-0.2, 0) is 10.0 Å². The van der Waals surface area contributed by atoms with Crippen molar-refractivity contribution >= 4 is 53.7 Å². The van der Waals surface area contributed by atoms with Gasteiger partial charge in [0.05, 0.1) is 10.6 Å². The third kappa shape index (κ3) is 3.34. The molecule has 112 valence electrons. The second kappa shape index (κ2) is 5.62. The van der Waals surface area contributed by atoms with E-state index in [2.05, 4.69) is 20.7 Å². The second-order valence-electron chi connectivity index (χ2n) is 4.16. The molecule has 1 aromatic carbocycles. The van der Waals surface area contributed by atoms with Gasteiger partial charge < -0.3 is 5.73 Å². The maximum atomic E-state index is 12.3. The molecule has 0 fully saturated rings. The van der Waals surface area contributed by atoms with E-state index in [4.69, 9.17) is 5.73 Å². The molecule has 0 atom stereocenters. The van der Waals surface area contributed by atoms with Crippen LogP contribution in [0.1, 0.15) is 5.56 Å². The Balaban J connectivity index is 2.41. The molecule has 0 amide bonds. The van der Waals surface area contributed by atoms with Crippen molar-refractivity contribution in [1.29, 1.82) is 0 Å². The molecule has 0 saturated carbocycles. The molecule has 0 aliphatic carbocycles. The molecule has 21 heavy (non-hydrogen) atoms. The molecule has 2 rings (SSSR count). The second-order valence-corrected chi connectivity index (χ2v) is 8.01. The summed E-state index contributed by atoms with van der Waals surface area (Å²) >= 11 is 3.89. The third-order valence-corrected chi connectivity index (χ3v) is 6.03. The Bertz CT molecular complexity index is 817. The summed E-state index contributed by atoms with van der Waals surface area (Å²) < 4.78 is 27.2. The summed E-state index contributed by atoms with van der Waals surface area (Å²) in [5.74, 6) is 0. The summed E-state index contributed by atoms with van der Waals surface area (Å²) in [6.07, 6.45) is 0. The van der Waals surface area contributed by atoms with Gasteiger partial charge in [-0.1, -0.05) is 17.4 Å². The molecule has 0 aliphatic rings. The summed E-state index contributed by atoms with van der Waals surface area (Å²) in [5, 5.41) is 10.6. The molecule has 3 N–H and O–H groups in total. The fourth-order valence-corrected chi connectivity index (χ4v) is 4.32. The number of benzene rings is 1. The van der Waals surface area contributed by atoms with Crippen molar-refractivity contribution < 1.29 is 13.3 Å². The smallest absolute Gasteiger partial charge is 0.304 e. The minimum Gasteiger partial charge on any atom is -0.385 e. The van der Waals surface area contributed by atoms with E-state index in [1.54, 1.807) is 12.1 Å². The Labute approximate surface area is 133 Å². The number of rotatable bonds is 4. The van der Waals surface area contributed by atoms with Crippen molar-refractivity contribution in [2.75, 3.05) is 10.5 Å². The van der Waals surface area contributed by atoms with Crippen LogP contribution in [0, 0.1) is 17.0 Å². The lowest BCUT2D eigenvalue weighted by molar-refractivity contribution is -0.383. The highest BCUT2D eigenvalue weighted by molar-refractivity contribution is 9.10. The van der Waals surface area contributed by atoms with Crippen LogP contribution in [0.5, 0.6) is 0 Å². The summed E-state index contributed by atoms with van der Waals surface area (Å²) in [4.78, 5) is 10.0. The number of thiophene rings is 1. The lowest BCUT2D eigenvalue weighted by Crippen LogP contribution is -2.12.